The number of aryl methyl sites for hydroxylation is 2. The van der Waals surface area contributed by atoms with Crippen molar-refractivity contribution in [3.8, 4) is 0 Å². The Morgan fingerprint density at radius 1 is 1.15 bits per heavy atom. The molecule has 1 atom stereocenters. The second kappa shape index (κ2) is 4.43. The van der Waals surface area contributed by atoms with Gasteiger partial charge in [0, 0.05) is 0 Å². The van der Waals surface area contributed by atoms with Crippen LogP contribution >= 0.6 is 0 Å². The Morgan fingerprint density at radius 3 is 2.08 bits per heavy atom. The van der Waals surface area contributed by atoms with E-state index in [1.54, 1.807) is 0 Å². The summed E-state index contributed by atoms with van der Waals surface area (Å²) in [6.07, 6.45) is 1.12. The van der Waals surface area contributed by atoms with Crippen LogP contribution in [0.15, 0.2) is 18.2 Å². The van der Waals surface area contributed by atoms with Gasteiger partial charge < -0.3 is 5.73 Å². The number of hydrogen-bond acceptors (Lipinski definition) is 1. The van der Waals surface area contributed by atoms with E-state index >= 15 is 0 Å². The summed E-state index contributed by atoms with van der Waals surface area (Å²) in [7, 11) is 0. The van der Waals surface area contributed by atoms with E-state index in [-0.39, 0.29) is 0 Å². The number of hydrogen-bond donors (Lipinski definition) is 1. The third-order valence-electron chi connectivity index (χ3n) is 2.49. The summed E-state index contributed by atoms with van der Waals surface area (Å²) in [6.45, 7) is 7.22. The van der Waals surface area contributed by atoms with Crippen molar-refractivity contribution in [2.75, 3.05) is 6.54 Å². The first-order valence-corrected chi connectivity index (χ1v) is 4.95. The lowest BCUT2D eigenvalue weighted by molar-refractivity contribution is 0.673. The molecule has 0 aliphatic carbocycles. The van der Waals surface area contributed by atoms with E-state index in [1.165, 1.54) is 16.7 Å². The first-order chi connectivity index (χ1) is 6.17. The van der Waals surface area contributed by atoms with Crippen LogP contribution in [0.2, 0.25) is 0 Å². The monoisotopic (exact) mass is 177 g/mol. The fraction of sp³-hybridized carbons (Fsp3) is 0.500. The SMILES string of the molecule is CCC(CN)c1cc(C)cc(C)c1. The van der Waals surface area contributed by atoms with Crippen molar-refractivity contribution >= 4 is 0 Å². The molecule has 13 heavy (non-hydrogen) atoms. The zero-order valence-electron chi connectivity index (χ0n) is 8.80. The minimum atomic E-state index is 0.526. The normalized spacial score (nSPS) is 12.9. The molecule has 1 aromatic rings. The van der Waals surface area contributed by atoms with Crippen molar-refractivity contribution in [2.24, 2.45) is 5.73 Å². The van der Waals surface area contributed by atoms with Gasteiger partial charge in [0.05, 0.1) is 0 Å². The van der Waals surface area contributed by atoms with Gasteiger partial charge in [-0.15, -0.1) is 0 Å². The van der Waals surface area contributed by atoms with Crippen LogP contribution < -0.4 is 5.73 Å². The van der Waals surface area contributed by atoms with Gasteiger partial charge in [0.1, 0.15) is 0 Å². The highest BCUT2D eigenvalue weighted by Gasteiger charge is 2.07. The largest absolute Gasteiger partial charge is 0.330 e. The Bertz CT molecular complexity index is 254. The maximum Gasteiger partial charge on any atom is -0.000834 e. The molecule has 0 radical (unpaired) electrons. The van der Waals surface area contributed by atoms with Crippen molar-refractivity contribution in [2.45, 2.75) is 33.1 Å². The summed E-state index contributed by atoms with van der Waals surface area (Å²) in [4.78, 5) is 0. The van der Waals surface area contributed by atoms with Gasteiger partial charge in [-0.05, 0) is 38.3 Å². The van der Waals surface area contributed by atoms with E-state index in [9.17, 15) is 0 Å². The van der Waals surface area contributed by atoms with E-state index in [0.717, 1.165) is 13.0 Å². The Balaban J connectivity index is 2.99. The van der Waals surface area contributed by atoms with E-state index in [1.807, 2.05) is 0 Å². The van der Waals surface area contributed by atoms with Crippen molar-refractivity contribution in [1.82, 2.24) is 0 Å². The molecule has 0 aromatic heterocycles. The molecular weight excluding hydrogens is 158 g/mol. The van der Waals surface area contributed by atoms with Crippen LogP contribution in [0.3, 0.4) is 0 Å². The molecule has 1 aromatic carbocycles. The van der Waals surface area contributed by atoms with Crippen molar-refractivity contribution < 1.29 is 0 Å². The summed E-state index contributed by atoms with van der Waals surface area (Å²) < 4.78 is 0. The average molecular weight is 177 g/mol. The first-order valence-electron chi connectivity index (χ1n) is 4.95. The summed E-state index contributed by atoms with van der Waals surface area (Å²) in [5.74, 6) is 0.526. The highest BCUT2D eigenvalue weighted by atomic mass is 14.5. The third kappa shape index (κ3) is 2.56. The minimum absolute atomic E-state index is 0.526. The van der Waals surface area contributed by atoms with Crippen LogP contribution in [0.25, 0.3) is 0 Å². The molecule has 0 bridgehead atoms. The molecule has 1 unspecified atom stereocenters. The van der Waals surface area contributed by atoms with E-state index in [2.05, 4.69) is 39.0 Å². The fourth-order valence-electron chi connectivity index (χ4n) is 1.78. The molecule has 0 saturated carbocycles. The maximum absolute atomic E-state index is 5.72. The van der Waals surface area contributed by atoms with Gasteiger partial charge in [0.2, 0.25) is 0 Å². The van der Waals surface area contributed by atoms with Gasteiger partial charge in [-0.2, -0.15) is 0 Å². The molecule has 2 N–H and O–H groups in total. The predicted octanol–water partition coefficient (Wildman–Crippen LogP) is 2.76. The predicted molar refractivity (Wildman–Crippen MR) is 58.0 cm³/mol. The van der Waals surface area contributed by atoms with Crippen LogP contribution in [0, 0.1) is 13.8 Å². The topological polar surface area (TPSA) is 26.0 Å². The molecule has 0 aliphatic heterocycles. The number of benzene rings is 1. The fourth-order valence-corrected chi connectivity index (χ4v) is 1.78. The summed E-state index contributed by atoms with van der Waals surface area (Å²) in [5, 5.41) is 0. The zero-order chi connectivity index (χ0) is 9.84. The lowest BCUT2D eigenvalue weighted by Gasteiger charge is -2.14. The Labute approximate surface area is 81.0 Å². The highest BCUT2D eigenvalue weighted by molar-refractivity contribution is 5.31. The molecule has 0 saturated heterocycles. The van der Waals surface area contributed by atoms with Crippen LogP contribution in [0.1, 0.15) is 36.0 Å². The zero-order valence-corrected chi connectivity index (χ0v) is 8.80. The van der Waals surface area contributed by atoms with E-state index < -0.39 is 0 Å². The Kier molecular flexibility index (Phi) is 3.49. The highest BCUT2D eigenvalue weighted by Crippen LogP contribution is 2.20. The lowest BCUT2D eigenvalue weighted by atomic mass is 9.94. The molecule has 72 valence electrons. The molecule has 1 nitrogen and oxygen atoms in total. The molecule has 1 rings (SSSR count). The molecule has 0 heterocycles. The van der Waals surface area contributed by atoms with Gasteiger partial charge in [-0.3, -0.25) is 0 Å². The summed E-state index contributed by atoms with van der Waals surface area (Å²) >= 11 is 0. The van der Waals surface area contributed by atoms with E-state index in [0.29, 0.717) is 5.92 Å². The second-order valence-electron chi connectivity index (χ2n) is 3.76. The first kappa shape index (κ1) is 10.3. The van der Waals surface area contributed by atoms with Crippen LogP contribution in [-0.4, -0.2) is 6.54 Å². The van der Waals surface area contributed by atoms with Gasteiger partial charge in [0.15, 0.2) is 0 Å². The van der Waals surface area contributed by atoms with Gasteiger partial charge in [0.25, 0.3) is 0 Å². The quantitative estimate of drug-likeness (QED) is 0.755. The number of rotatable bonds is 3. The van der Waals surface area contributed by atoms with Gasteiger partial charge in [-0.1, -0.05) is 36.2 Å². The Morgan fingerprint density at radius 2 is 1.69 bits per heavy atom. The lowest BCUT2D eigenvalue weighted by Crippen LogP contribution is -2.11. The average Bonchev–Trinajstić information content (AvgIpc) is 2.04. The number of nitrogens with two attached hydrogens (primary N) is 1. The molecule has 1 heteroatoms. The maximum atomic E-state index is 5.72. The van der Waals surface area contributed by atoms with Crippen LogP contribution in [0.5, 0.6) is 0 Å². The van der Waals surface area contributed by atoms with Crippen molar-refractivity contribution in [1.29, 1.82) is 0 Å². The second-order valence-corrected chi connectivity index (χ2v) is 3.76. The van der Waals surface area contributed by atoms with Gasteiger partial charge in [-0.25, -0.2) is 0 Å². The van der Waals surface area contributed by atoms with Crippen molar-refractivity contribution in [3.63, 3.8) is 0 Å². The molecule has 0 aliphatic rings. The van der Waals surface area contributed by atoms with Crippen LogP contribution in [0.4, 0.5) is 0 Å². The smallest absolute Gasteiger partial charge is 0.000834 e. The summed E-state index contributed by atoms with van der Waals surface area (Å²) in [6, 6.07) is 6.69. The molecule has 0 spiro atoms. The standard InChI is InChI=1S/C12H19N/c1-4-11(8-13)12-6-9(2)5-10(3)7-12/h5-7,11H,4,8,13H2,1-3H3. The molecule has 0 fully saturated rings. The van der Waals surface area contributed by atoms with Crippen LogP contribution in [-0.2, 0) is 0 Å². The minimum Gasteiger partial charge on any atom is -0.330 e. The Hall–Kier alpha value is -0.820. The molecular formula is C12H19N. The van der Waals surface area contributed by atoms with E-state index in [4.69, 9.17) is 5.73 Å². The van der Waals surface area contributed by atoms with Gasteiger partial charge >= 0.3 is 0 Å². The molecule has 0 amide bonds. The van der Waals surface area contributed by atoms with Crippen molar-refractivity contribution in [3.05, 3.63) is 34.9 Å². The summed E-state index contributed by atoms with van der Waals surface area (Å²) in [5.41, 5.74) is 9.78. The third-order valence-corrected chi connectivity index (χ3v) is 2.49.